The normalized spacial score (nSPS) is 28.5. The second-order valence-electron chi connectivity index (χ2n) is 9.66. The first kappa shape index (κ1) is 31.5. The van der Waals surface area contributed by atoms with Gasteiger partial charge in [-0.15, -0.1) is 0 Å². The van der Waals surface area contributed by atoms with Crippen molar-refractivity contribution in [1.29, 1.82) is 0 Å². The molecule has 38 heavy (non-hydrogen) atoms. The number of rotatable bonds is 8. The predicted octanol–water partition coefficient (Wildman–Crippen LogP) is 4.02. The van der Waals surface area contributed by atoms with Gasteiger partial charge in [0.1, 0.15) is 31.0 Å². The van der Waals surface area contributed by atoms with Crippen LogP contribution in [-0.4, -0.2) is 65.9 Å². The van der Waals surface area contributed by atoms with Crippen LogP contribution in [0.15, 0.2) is 46.6 Å². The fraction of sp³-hybridized carbons (Fsp3) is 0.571. The van der Waals surface area contributed by atoms with Crippen LogP contribution < -0.4 is 0 Å². The van der Waals surface area contributed by atoms with Gasteiger partial charge in [0.05, 0.1) is 18.9 Å². The minimum atomic E-state index is -1.18. The van der Waals surface area contributed by atoms with Crippen molar-refractivity contribution in [3.63, 3.8) is 0 Å². The lowest BCUT2D eigenvalue weighted by Crippen LogP contribution is -2.37. The fourth-order valence-electron chi connectivity index (χ4n) is 4.12. The molecule has 0 aliphatic carbocycles. The molecular formula is C28H37ClO9. The van der Waals surface area contributed by atoms with E-state index in [1.165, 1.54) is 19.9 Å². The molecule has 1 saturated heterocycles. The van der Waals surface area contributed by atoms with Crippen LogP contribution in [0.2, 0.25) is 0 Å². The number of esters is 3. The van der Waals surface area contributed by atoms with Gasteiger partial charge in [0.25, 0.3) is 0 Å². The quantitative estimate of drug-likeness (QED) is 0.206. The summed E-state index contributed by atoms with van der Waals surface area (Å²) in [5.74, 6) is -1.95. The van der Waals surface area contributed by atoms with Crippen molar-refractivity contribution < 1.29 is 43.2 Å². The van der Waals surface area contributed by atoms with E-state index in [-0.39, 0.29) is 36.9 Å². The number of aliphatic hydroxyl groups is 1. The molecule has 0 amide bonds. The maximum absolute atomic E-state index is 12.8. The summed E-state index contributed by atoms with van der Waals surface area (Å²) in [5, 5.41) is 11.6. The van der Waals surface area contributed by atoms with Crippen LogP contribution in [0.3, 0.4) is 0 Å². The molecule has 0 spiro atoms. The van der Waals surface area contributed by atoms with E-state index < -0.39 is 42.3 Å². The number of Topliss-reactive ketones (excluding diaryl/α,β-unsaturated/α-hetero) is 1. The van der Waals surface area contributed by atoms with Crippen molar-refractivity contribution in [1.82, 2.24) is 0 Å². The highest BCUT2D eigenvalue weighted by Crippen LogP contribution is 2.31. The zero-order chi connectivity index (χ0) is 28.4. The molecule has 0 unspecified atom stereocenters. The van der Waals surface area contributed by atoms with E-state index in [1.807, 2.05) is 12.2 Å². The van der Waals surface area contributed by atoms with Gasteiger partial charge in [0.15, 0.2) is 5.78 Å². The monoisotopic (exact) mass is 552 g/mol. The third kappa shape index (κ3) is 10.6. The molecule has 9 nitrogen and oxygen atoms in total. The molecule has 2 aliphatic heterocycles. The Kier molecular flexibility index (Phi) is 12.4. The number of aliphatic hydroxyl groups excluding tert-OH is 1. The number of allylic oxidation sites excluding steroid dienone is 3. The van der Waals surface area contributed by atoms with Gasteiger partial charge in [0.2, 0.25) is 0 Å². The summed E-state index contributed by atoms with van der Waals surface area (Å²) in [6, 6.07) is 0. The summed E-state index contributed by atoms with van der Waals surface area (Å²) in [6.45, 7) is 9.37. The van der Waals surface area contributed by atoms with E-state index in [9.17, 15) is 24.3 Å². The molecule has 0 aromatic heterocycles. The number of ether oxygens (including phenoxy) is 4. The third-order valence-electron chi connectivity index (χ3n) is 6.27. The topological polar surface area (TPSA) is 125 Å². The highest BCUT2D eigenvalue weighted by atomic mass is 35.5. The predicted molar refractivity (Wildman–Crippen MR) is 140 cm³/mol. The van der Waals surface area contributed by atoms with Gasteiger partial charge >= 0.3 is 17.9 Å². The SMILES string of the molecule is C=C(COC(=O)C/C(C)=C/[C@@H](O)[C@H]1O[C@@H]2CC/C(Cl)=C/C/C=C(/C)[C@H](OC(C)=O)CC(=O)O[C@@H]1C2)C(C)=O. The summed E-state index contributed by atoms with van der Waals surface area (Å²) in [5.41, 5.74) is 1.40. The summed E-state index contributed by atoms with van der Waals surface area (Å²) < 4.78 is 22.1. The Morgan fingerprint density at radius 2 is 1.97 bits per heavy atom. The van der Waals surface area contributed by atoms with Crippen molar-refractivity contribution >= 4 is 35.3 Å². The van der Waals surface area contributed by atoms with Gasteiger partial charge in [0, 0.05) is 23.9 Å². The molecule has 0 radical (unpaired) electrons. The van der Waals surface area contributed by atoms with Crippen LogP contribution in [0.25, 0.3) is 0 Å². The molecule has 1 N–H and O–H groups in total. The molecule has 2 bridgehead atoms. The number of carbonyl (C=O) groups is 4. The van der Waals surface area contributed by atoms with Gasteiger partial charge < -0.3 is 24.1 Å². The number of fused-ring (bicyclic) bond motifs is 2. The number of ketones is 1. The lowest BCUT2D eigenvalue weighted by Gasteiger charge is -2.24. The van der Waals surface area contributed by atoms with Crippen molar-refractivity contribution in [2.75, 3.05) is 6.61 Å². The van der Waals surface area contributed by atoms with E-state index in [0.717, 1.165) is 0 Å². The second-order valence-corrected chi connectivity index (χ2v) is 10.1. The second kappa shape index (κ2) is 15.0. The lowest BCUT2D eigenvalue weighted by atomic mass is 10.0. The largest absolute Gasteiger partial charge is 0.460 e. The zero-order valence-corrected chi connectivity index (χ0v) is 23.1. The first-order chi connectivity index (χ1) is 17.8. The Bertz CT molecular complexity index is 1010. The maximum Gasteiger partial charge on any atom is 0.310 e. The van der Waals surface area contributed by atoms with Crippen molar-refractivity contribution in [2.24, 2.45) is 0 Å². The standard InChI is InChI=1S/C28H37ClO9/c1-16(12-26(33)35-15-18(3)19(4)30)11-23(32)28-25-13-22(37-28)10-9-21(29)8-6-7-17(2)24(36-20(5)31)14-27(34)38-25/h7-8,11,22-25,28,32H,3,6,9-10,12-15H2,1-2,4-5H3/b16-11+,17-7-,21-8-/t22-,23-,24-,25-,28-/m1/s1. The summed E-state index contributed by atoms with van der Waals surface area (Å²) in [7, 11) is 0. The number of halogens is 1. The molecular weight excluding hydrogens is 516 g/mol. The van der Waals surface area contributed by atoms with Crippen molar-refractivity contribution in [3.8, 4) is 0 Å². The third-order valence-corrected chi connectivity index (χ3v) is 6.61. The first-order valence-corrected chi connectivity index (χ1v) is 13.0. The summed E-state index contributed by atoms with van der Waals surface area (Å²) in [4.78, 5) is 47.8. The Balaban J connectivity index is 2.15. The fourth-order valence-corrected chi connectivity index (χ4v) is 4.32. The number of hydrogen-bond donors (Lipinski definition) is 1. The van der Waals surface area contributed by atoms with Gasteiger partial charge in [-0.25, -0.2) is 0 Å². The average Bonchev–Trinajstić information content (AvgIpc) is 3.22. The van der Waals surface area contributed by atoms with Crippen molar-refractivity contribution in [2.45, 2.75) is 96.7 Å². The summed E-state index contributed by atoms with van der Waals surface area (Å²) in [6.07, 6.45) is 2.95. The van der Waals surface area contributed by atoms with Crippen molar-refractivity contribution in [3.05, 3.63) is 46.6 Å². The van der Waals surface area contributed by atoms with E-state index in [4.69, 9.17) is 30.5 Å². The van der Waals surface area contributed by atoms with Crippen LogP contribution >= 0.6 is 11.6 Å². The Morgan fingerprint density at radius 3 is 2.63 bits per heavy atom. The molecule has 2 heterocycles. The minimum Gasteiger partial charge on any atom is -0.460 e. The molecule has 210 valence electrons. The van der Waals surface area contributed by atoms with Gasteiger partial charge in [-0.3, -0.25) is 19.2 Å². The molecule has 5 atom stereocenters. The molecule has 2 aliphatic rings. The Labute approximate surface area is 228 Å². The molecule has 0 aromatic rings. The van der Waals surface area contributed by atoms with Crippen LogP contribution in [0.4, 0.5) is 0 Å². The number of hydrogen-bond acceptors (Lipinski definition) is 9. The van der Waals surface area contributed by atoms with E-state index >= 15 is 0 Å². The van der Waals surface area contributed by atoms with Crippen LogP contribution in [0.1, 0.15) is 66.2 Å². The first-order valence-electron chi connectivity index (χ1n) is 12.6. The molecule has 2 rings (SSSR count). The maximum atomic E-state index is 12.8. The van der Waals surface area contributed by atoms with Crippen LogP contribution in [-0.2, 0) is 38.1 Å². The molecule has 10 heteroatoms. The Morgan fingerprint density at radius 1 is 1.26 bits per heavy atom. The van der Waals surface area contributed by atoms with Gasteiger partial charge in [-0.2, -0.15) is 0 Å². The molecule has 0 saturated carbocycles. The van der Waals surface area contributed by atoms with Gasteiger partial charge in [-0.05, 0) is 45.6 Å². The van der Waals surface area contributed by atoms with E-state index in [1.54, 1.807) is 13.8 Å². The van der Waals surface area contributed by atoms with Crippen LogP contribution in [0.5, 0.6) is 0 Å². The average molecular weight is 553 g/mol. The highest BCUT2D eigenvalue weighted by molar-refractivity contribution is 6.29. The van der Waals surface area contributed by atoms with E-state index in [2.05, 4.69) is 6.58 Å². The lowest BCUT2D eigenvalue weighted by molar-refractivity contribution is -0.159. The zero-order valence-electron chi connectivity index (χ0n) is 22.4. The smallest absolute Gasteiger partial charge is 0.310 e. The molecule has 1 fully saturated rings. The van der Waals surface area contributed by atoms with Gasteiger partial charge in [-0.1, -0.05) is 42.0 Å². The Hall–Kier alpha value is -2.75. The highest BCUT2D eigenvalue weighted by Gasteiger charge is 2.41. The van der Waals surface area contributed by atoms with E-state index in [0.29, 0.717) is 41.9 Å². The molecule has 0 aromatic carbocycles. The minimum absolute atomic E-state index is 0.112. The number of carbonyl (C=O) groups excluding carboxylic acids is 4. The summed E-state index contributed by atoms with van der Waals surface area (Å²) >= 11 is 6.37. The van der Waals surface area contributed by atoms with Crippen LogP contribution in [0, 0.1) is 0 Å².